The smallest absolute Gasteiger partial charge is 0.321 e. The number of esters is 1. The number of anilines is 1. The summed E-state index contributed by atoms with van der Waals surface area (Å²) in [5, 5.41) is 3.69. The molecule has 4 rings (SSSR count). The Labute approximate surface area is 180 Å². The number of nitrogens with zero attached hydrogens (tertiary/aromatic N) is 1. The van der Waals surface area contributed by atoms with E-state index in [1.165, 1.54) is 0 Å². The molecule has 2 amide bonds. The van der Waals surface area contributed by atoms with Gasteiger partial charge in [-0.15, -0.1) is 0 Å². The number of benzene rings is 2. The quantitative estimate of drug-likeness (QED) is 0.480. The third-order valence-electron chi connectivity index (χ3n) is 5.66. The van der Waals surface area contributed by atoms with E-state index in [-0.39, 0.29) is 30.3 Å². The fraction of sp³-hybridized carbons (Fsp3) is 0.292. The van der Waals surface area contributed by atoms with Crippen molar-refractivity contribution in [2.24, 2.45) is 5.92 Å². The van der Waals surface area contributed by atoms with Crippen LogP contribution in [0.15, 0.2) is 54.6 Å². The largest absolute Gasteiger partial charge is 0.457 e. The number of H-pyrrole nitrogens is 1. The highest BCUT2D eigenvalue weighted by Gasteiger charge is 2.29. The number of para-hydroxylation sites is 2. The van der Waals surface area contributed by atoms with E-state index >= 15 is 0 Å². The Hall–Kier alpha value is -3.61. The van der Waals surface area contributed by atoms with E-state index in [0.717, 1.165) is 22.3 Å². The molecule has 0 unspecified atom stereocenters. The van der Waals surface area contributed by atoms with Gasteiger partial charge in [0.25, 0.3) is 0 Å². The van der Waals surface area contributed by atoms with Gasteiger partial charge in [0, 0.05) is 40.9 Å². The van der Waals surface area contributed by atoms with E-state index in [0.29, 0.717) is 31.5 Å². The van der Waals surface area contributed by atoms with Crippen molar-refractivity contribution >= 4 is 34.4 Å². The lowest BCUT2D eigenvalue weighted by Crippen LogP contribution is -2.42. The summed E-state index contributed by atoms with van der Waals surface area (Å²) >= 11 is 0. The minimum atomic E-state index is -0.381. The molecule has 1 aliphatic heterocycles. The Morgan fingerprint density at radius 2 is 1.71 bits per heavy atom. The van der Waals surface area contributed by atoms with Gasteiger partial charge in [0.2, 0.25) is 5.78 Å². The number of aromatic nitrogens is 1. The Balaban J connectivity index is 1.28. The fourth-order valence-electron chi connectivity index (χ4n) is 4.00. The number of aromatic amines is 1. The van der Waals surface area contributed by atoms with Crippen LogP contribution in [0, 0.1) is 12.8 Å². The number of carbonyl (C=O) groups is 3. The molecule has 7 nitrogen and oxygen atoms in total. The summed E-state index contributed by atoms with van der Waals surface area (Å²) in [5.74, 6) is -0.908. The highest BCUT2D eigenvalue weighted by atomic mass is 16.5. The van der Waals surface area contributed by atoms with E-state index < -0.39 is 0 Å². The topological polar surface area (TPSA) is 91.5 Å². The van der Waals surface area contributed by atoms with Gasteiger partial charge < -0.3 is 19.9 Å². The first kappa shape index (κ1) is 20.7. The molecular formula is C24H25N3O4. The number of carbonyl (C=O) groups excluding carboxylic acids is 3. The van der Waals surface area contributed by atoms with Gasteiger partial charge in [0.1, 0.15) is 0 Å². The average molecular weight is 419 g/mol. The molecule has 0 atom stereocenters. The molecule has 0 aliphatic carbocycles. The van der Waals surface area contributed by atoms with Crippen molar-refractivity contribution in [2.75, 3.05) is 25.0 Å². The number of rotatable bonds is 5. The summed E-state index contributed by atoms with van der Waals surface area (Å²) in [6.07, 6.45) is 1.03. The number of likely N-dealkylation sites (tertiary alicyclic amines) is 1. The molecule has 2 N–H and O–H groups in total. The normalized spacial score (nSPS) is 14.4. The van der Waals surface area contributed by atoms with Gasteiger partial charge in [-0.25, -0.2) is 4.79 Å². The van der Waals surface area contributed by atoms with Gasteiger partial charge in [0.05, 0.1) is 5.92 Å². The summed E-state index contributed by atoms with van der Waals surface area (Å²) in [5.41, 5.74) is 2.95. The van der Waals surface area contributed by atoms with Crippen LogP contribution in [0.1, 0.15) is 28.9 Å². The molecule has 0 saturated carbocycles. The predicted molar refractivity (Wildman–Crippen MR) is 118 cm³/mol. The molecule has 1 aliphatic rings. The monoisotopic (exact) mass is 419 g/mol. The number of piperidine rings is 1. The first-order chi connectivity index (χ1) is 15.0. The average Bonchev–Trinajstić information content (AvgIpc) is 3.13. The van der Waals surface area contributed by atoms with Crippen LogP contribution in [-0.2, 0) is 9.53 Å². The van der Waals surface area contributed by atoms with Crippen LogP contribution in [0.25, 0.3) is 10.9 Å². The third-order valence-corrected chi connectivity index (χ3v) is 5.66. The van der Waals surface area contributed by atoms with Gasteiger partial charge in [-0.05, 0) is 38.0 Å². The van der Waals surface area contributed by atoms with Crippen molar-refractivity contribution in [2.45, 2.75) is 19.8 Å². The first-order valence-corrected chi connectivity index (χ1v) is 10.4. The van der Waals surface area contributed by atoms with Crippen molar-refractivity contribution in [3.05, 3.63) is 65.9 Å². The van der Waals surface area contributed by atoms with Gasteiger partial charge in [-0.3, -0.25) is 9.59 Å². The predicted octanol–water partition coefficient (Wildman–Crippen LogP) is 4.15. The molecule has 0 radical (unpaired) electrons. The number of hydrogen-bond donors (Lipinski definition) is 2. The summed E-state index contributed by atoms with van der Waals surface area (Å²) in [6.45, 7) is 2.49. The molecule has 0 spiro atoms. The molecule has 2 heterocycles. The van der Waals surface area contributed by atoms with Crippen molar-refractivity contribution in [3.63, 3.8) is 0 Å². The number of ketones is 1. The molecule has 1 aromatic heterocycles. The van der Waals surface area contributed by atoms with Crippen molar-refractivity contribution in [1.82, 2.24) is 9.88 Å². The zero-order chi connectivity index (χ0) is 21.8. The highest BCUT2D eigenvalue weighted by Crippen LogP contribution is 2.23. The maximum Gasteiger partial charge on any atom is 0.321 e. The molecule has 31 heavy (non-hydrogen) atoms. The van der Waals surface area contributed by atoms with Crippen LogP contribution >= 0.6 is 0 Å². The molecule has 1 fully saturated rings. The molecule has 1 saturated heterocycles. The van der Waals surface area contributed by atoms with Gasteiger partial charge in [-0.1, -0.05) is 36.4 Å². The number of nitrogens with one attached hydrogen (secondary N) is 2. The summed E-state index contributed by atoms with van der Waals surface area (Å²) in [7, 11) is 0. The zero-order valence-corrected chi connectivity index (χ0v) is 17.4. The van der Waals surface area contributed by atoms with E-state index in [2.05, 4.69) is 10.3 Å². The van der Waals surface area contributed by atoms with Gasteiger partial charge >= 0.3 is 12.0 Å². The number of ether oxygens (including phenoxy) is 1. The Bertz CT molecular complexity index is 1100. The molecule has 160 valence electrons. The fourth-order valence-corrected chi connectivity index (χ4v) is 4.00. The highest BCUT2D eigenvalue weighted by molar-refractivity contribution is 6.10. The zero-order valence-electron chi connectivity index (χ0n) is 17.4. The summed E-state index contributed by atoms with van der Waals surface area (Å²) in [6, 6.07) is 16.6. The number of amides is 2. The second-order valence-corrected chi connectivity index (χ2v) is 7.76. The van der Waals surface area contributed by atoms with Crippen LogP contribution in [0.5, 0.6) is 0 Å². The summed E-state index contributed by atoms with van der Waals surface area (Å²) < 4.78 is 5.34. The van der Waals surface area contributed by atoms with Crippen LogP contribution in [0.3, 0.4) is 0 Å². The van der Waals surface area contributed by atoms with Crippen LogP contribution < -0.4 is 5.32 Å². The van der Waals surface area contributed by atoms with Crippen LogP contribution in [-0.4, -0.2) is 47.4 Å². The van der Waals surface area contributed by atoms with Crippen LogP contribution in [0.2, 0.25) is 0 Å². The molecule has 0 bridgehead atoms. The minimum Gasteiger partial charge on any atom is -0.457 e. The van der Waals surface area contributed by atoms with E-state index in [1.54, 1.807) is 4.90 Å². The summed E-state index contributed by atoms with van der Waals surface area (Å²) in [4.78, 5) is 42.4. The van der Waals surface area contributed by atoms with Crippen molar-refractivity contribution in [3.8, 4) is 0 Å². The SMILES string of the molecule is Cc1[nH]c2ccccc2c1C(=O)COC(=O)C1CCN(C(=O)Nc2ccccc2)CC1. The number of fused-ring (bicyclic) bond motifs is 1. The maximum absolute atomic E-state index is 12.7. The van der Waals surface area contributed by atoms with Crippen molar-refractivity contribution < 1.29 is 19.1 Å². The molecule has 2 aromatic carbocycles. The number of Topliss-reactive ketones (excluding diaryl/α,β-unsaturated/α-hetero) is 1. The number of aryl methyl sites for hydroxylation is 1. The lowest BCUT2D eigenvalue weighted by atomic mass is 9.97. The molecular weight excluding hydrogens is 394 g/mol. The lowest BCUT2D eigenvalue weighted by Gasteiger charge is -2.30. The minimum absolute atomic E-state index is 0.178. The van der Waals surface area contributed by atoms with E-state index in [1.807, 2.05) is 61.5 Å². The standard InChI is InChI=1S/C24H25N3O4/c1-16-22(19-9-5-6-10-20(19)25-16)21(28)15-31-23(29)17-11-13-27(14-12-17)24(30)26-18-7-3-2-4-8-18/h2-10,17,25H,11-15H2,1H3,(H,26,30). The second kappa shape index (κ2) is 9.04. The molecule has 3 aromatic rings. The van der Waals surface area contributed by atoms with Crippen LogP contribution in [0.4, 0.5) is 10.5 Å². The number of urea groups is 1. The Kier molecular flexibility index (Phi) is 6.02. The second-order valence-electron chi connectivity index (χ2n) is 7.76. The number of hydrogen-bond acceptors (Lipinski definition) is 4. The maximum atomic E-state index is 12.7. The third kappa shape index (κ3) is 4.60. The van der Waals surface area contributed by atoms with Gasteiger partial charge in [-0.2, -0.15) is 0 Å². The molecule has 7 heteroatoms. The first-order valence-electron chi connectivity index (χ1n) is 10.4. The van der Waals surface area contributed by atoms with E-state index in [4.69, 9.17) is 4.74 Å². The van der Waals surface area contributed by atoms with Gasteiger partial charge in [0.15, 0.2) is 6.61 Å². The van der Waals surface area contributed by atoms with Crippen molar-refractivity contribution in [1.29, 1.82) is 0 Å². The Morgan fingerprint density at radius 1 is 1.03 bits per heavy atom. The Morgan fingerprint density at radius 3 is 2.45 bits per heavy atom. The van der Waals surface area contributed by atoms with E-state index in [9.17, 15) is 14.4 Å². The lowest BCUT2D eigenvalue weighted by molar-refractivity contribution is -0.148.